The summed E-state index contributed by atoms with van der Waals surface area (Å²) < 4.78 is 5.16. The number of hydrogen-bond acceptors (Lipinski definition) is 4. The van der Waals surface area contributed by atoms with E-state index in [-0.39, 0.29) is 17.7 Å². The van der Waals surface area contributed by atoms with Crippen molar-refractivity contribution in [1.29, 1.82) is 0 Å². The summed E-state index contributed by atoms with van der Waals surface area (Å²) >= 11 is 0. The quantitative estimate of drug-likeness (QED) is 0.861. The Kier molecular flexibility index (Phi) is 4.88. The molecule has 0 unspecified atom stereocenters. The SMILES string of the molecule is Cc1noc(C)c1N(C)C(=O)[C@@H]1CCCN(C(=O)c2ccccc2)C1. The molecule has 1 saturated heterocycles. The number of piperidine rings is 1. The maximum atomic E-state index is 12.9. The van der Waals surface area contributed by atoms with E-state index in [1.165, 1.54) is 0 Å². The average Bonchev–Trinajstić information content (AvgIpc) is 2.99. The molecule has 1 aromatic carbocycles. The van der Waals surface area contributed by atoms with Gasteiger partial charge in [0, 0.05) is 25.7 Å². The summed E-state index contributed by atoms with van der Waals surface area (Å²) in [4.78, 5) is 29.0. The van der Waals surface area contributed by atoms with E-state index < -0.39 is 0 Å². The van der Waals surface area contributed by atoms with Crippen molar-refractivity contribution in [3.8, 4) is 0 Å². The summed E-state index contributed by atoms with van der Waals surface area (Å²) in [5.74, 6) is 0.402. The number of likely N-dealkylation sites (tertiary alicyclic amines) is 1. The van der Waals surface area contributed by atoms with E-state index in [2.05, 4.69) is 5.16 Å². The molecule has 1 aliphatic rings. The van der Waals surface area contributed by atoms with Gasteiger partial charge in [-0.15, -0.1) is 0 Å². The van der Waals surface area contributed by atoms with Crippen LogP contribution in [0.2, 0.25) is 0 Å². The Hall–Kier alpha value is -2.63. The van der Waals surface area contributed by atoms with Crippen molar-refractivity contribution in [2.75, 3.05) is 25.0 Å². The van der Waals surface area contributed by atoms with Crippen LogP contribution in [-0.2, 0) is 4.79 Å². The van der Waals surface area contributed by atoms with Crippen LogP contribution in [0.4, 0.5) is 5.69 Å². The number of carbonyl (C=O) groups excluding carboxylic acids is 2. The molecule has 132 valence electrons. The maximum Gasteiger partial charge on any atom is 0.253 e. The van der Waals surface area contributed by atoms with Crippen LogP contribution in [0.25, 0.3) is 0 Å². The smallest absolute Gasteiger partial charge is 0.253 e. The van der Waals surface area contributed by atoms with Crippen LogP contribution in [0.5, 0.6) is 0 Å². The fraction of sp³-hybridized carbons (Fsp3) is 0.421. The van der Waals surface area contributed by atoms with Crippen molar-refractivity contribution in [2.24, 2.45) is 5.92 Å². The molecule has 1 aliphatic heterocycles. The molecule has 1 atom stereocenters. The first kappa shape index (κ1) is 17.2. The van der Waals surface area contributed by atoms with Crippen molar-refractivity contribution in [2.45, 2.75) is 26.7 Å². The van der Waals surface area contributed by atoms with Gasteiger partial charge in [0.15, 0.2) is 5.76 Å². The van der Waals surface area contributed by atoms with Gasteiger partial charge in [0.05, 0.1) is 5.92 Å². The largest absolute Gasteiger partial charge is 0.359 e. The monoisotopic (exact) mass is 341 g/mol. The van der Waals surface area contributed by atoms with E-state index in [4.69, 9.17) is 4.52 Å². The van der Waals surface area contributed by atoms with Gasteiger partial charge in [-0.25, -0.2) is 0 Å². The molecular formula is C19H23N3O3. The summed E-state index contributed by atoms with van der Waals surface area (Å²) in [6.07, 6.45) is 1.61. The predicted octanol–water partition coefficient (Wildman–Crippen LogP) is 2.81. The van der Waals surface area contributed by atoms with Gasteiger partial charge < -0.3 is 14.3 Å². The first-order valence-corrected chi connectivity index (χ1v) is 8.53. The number of anilines is 1. The molecule has 0 aliphatic carbocycles. The molecule has 0 radical (unpaired) electrons. The summed E-state index contributed by atoms with van der Waals surface area (Å²) in [5.41, 5.74) is 2.08. The zero-order valence-electron chi connectivity index (χ0n) is 14.9. The molecule has 0 bridgehead atoms. The van der Waals surface area contributed by atoms with Gasteiger partial charge in [0.2, 0.25) is 5.91 Å². The lowest BCUT2D eigenvalue weighted by atomic mass is 9.95. The molecule has 2 heterocycles. The van der Waals surface area contributed by atoms with Crippen LogP contribution in [0.1, 0.15) is 34.7 Å². The maximum absolute atomic E-state index is 12.9. The van der Waals surface area contributed by atoms with E-state index >= 15 is 0 Å². The number of rotatable bonds is 3. The van der Waals surface area contributed by atoms with Crippen molar-refractivity contribution in [1.82, 2.24) is 10.1 Å². The third-order valence-corrected chi connectivity index (χ3v) is 4.74. The predicted molar refractivity (Wildman–Crippen MR) is 94.5 cm³/mol. The lowest BCUT2D eigenvalue weighted by Gasteiger charge is -2.34. The van der Waals surface area contributed by atoms with Gasteiger partial charge in [-0.3, -0.25) is 9.59 Å². The van der Waals surface area contributed by atoms with Crippen molar-refractivity contribution >= 4 is 17.5 Å². The van der Waals surface area contributed by atoms with Gasteiger partial charge in [-0.1, -0.05) is 23.4 Å². The van der Waals surface area contributed by atoms with Crippen LogP contribution in [0.3, 0.4) is 0 Å². The normalized spacial score (nSPS) is 17.4. The Morgan fingerprint density at radius 3 is 2.60 bits per heavy atom. The lowest BCUT2D eigenvalue weighted by molar-refractivity contribution is -0.123. The third kappa shape index (κ3) is 3.43. The minimum atomic E-state index is -0.208. The number of carbonyl (C=O) groups is 2. The summed E-state index contributed by atoms with van der Waals surface area (Å²) in [5, 5.41) is 3.91. The molecule has 0 spiro atoms. The minimum absolute atomic E-state index is 0.0000355. The second-order valence-electron chi connectivity index (χ2n) is 6.53. The molecule has 1 fully saturated rings. The Balaban J connectivity index is 1.73. The zero-order valence-corrected chi connectivity index (χ0v) is 14.9. The van der Waals surface area contributed by atoms with Crippen LogP contribution >= 0.6 is 0 Å². The molecule has 2 amide bonds. The van der Waals surface area contributed by atoms with Crippen LogP contribution in [0, 0.1) is 19.8 Å². The number of aromatic nitrogens is 1. The van der Waals surface area contributed by atoms with Crippen LogP contribution in [-0.4, -0.2) is 42.0 Å². The van der Waals surface area contributed by atoms with E-state index in [1.54, 1.807) is 23.8 Å². The highest BCUT2D eigenvalue weighted by molar-refractivity contribution is 5.97. The summed E-state index contributed by atoms with van der Waals surface area (Å²) in [6, 6.07) is 9.21. The lowest BCUT2D eigenvalue weighted by Crippen LogP contribution is -2.46. The van der Waals surface area contributed by atoms with Crippen molar-refractivity contribution < 1.29 is 14.1 Å². The Labute approximate surface area is 147 Å². The fourth-order valence-electron chi connectivity index (χ4n) is 3.47. The second-order valence-corrected chi connectivity index (χ2v) is 6.53. The zero-order chi connectivity index (χ0) is 18.0. The van der Waals surface area contributed by atoms with E-state index in [9.17, 15) is 9.59 Å². The molecular weight excluding hydrogens is 318 g/mol. The molecule has 0 saturated carbocycles. The Morgan fingerprint density at radius 1 is 1.24 bits per heavy atom. The molecule has 25 heavy (non-hydrogen) atoms. The standard InChI is InChI=1S/C19H23N3O3/c1-13-17(14(2)25-20-13)21(3)18(23)16-10-7-11-22(12-16)19(24)15-8-5-4-6-9-15/h4-6,8-9,16H,7,10-12H2,1-3H3/t16-/m1/s1. The molecule has 2 aromatic rings. The molecule has 0 N–H and O–H groups in total. The molecule has 6 heteroatoms. The highest BCUT2D eigenvalue weighted by Gasteiger charge is 2.32. The molecule has 1 aromatic heterocycles. The third-order valence-electron chi connectivity index (χ3n) is 4.74. The van der Waals surface area contributed by atoms with Crippen LogP contribution < -0.4 is 4.90 Å². The van der Waals surface area contributed by atoms with Crippen LogP contribution in [0.15, 0.2) is 34.9 Å². The van der Waals surface area contributed by atoms with Crippen molar-refractivity contribution in [3.05, 3.63) is 47.3 Å². The first-order valence-electron chi connectivity index (χ1n) is 8.53. The summed E-state index contributed by atoms with van der Waals surface area (Å²) in [6.45, 7) is 4.75. The molecule has 3 rings (SSSR count). The number of nitrogens with zero attached hydrogens (tertiary/aromatic N) is 3. The van der Waals surface area contributed by atoms with Gasteiger partial charge in [-0.2, -0.15) is 0 Å². The Bertz CT molecular complexity index is 750. The van der Waals surface area contributed by atoms with Gasteiger partial charge in [-0.05, 0) is 38.8 Å². The fourth-order valence-corrected chi connectivity index (χ4v) is 3.47. The van der Waals surface area contributed by atoms with E-state index in [0.717, 1.165) is 18.5 Å². The number of aryl methyl sites for hydroxylation is 2. The number of amides is 2. The van der Waals surface area contributed by atoms with Gasteiger partial charge in [0.25, 0.3) is 5.91 Å². The second kappa shape index (κ2) is 7.09. The highest BCUT2D eigenvalue weighted by atomic mass is 16.5. The number of benzene rings is 1. The summed E-state index contributed by atoms with van der Waals surface area (Å²) in [7, 11) is 1.74. The van der Waals surface area contributed by atoms with Gasteiger partial charge in [0.1, 0.15) is 11.4 Å². The molecule has 6 nitrogen and oxygen atoms in total. The average molecular weight is 341 g/mol. The van der Waals surface area contributed by atoms with Gasteiger partial charge >= 0.3 is 0 Å². The van der Waals surface area contributed by atoms with Crippen molar-refractivity contribution in [3.63, 3.8) is 0 Å². The van der Waals surface area contributed by atoms with E-state index in [1.807, 2.05) is 37.3 Å². The minimum Gasteiger partial charge on any atom is -0.359 e. The highest BCUT2D eigenvalue weighted by Crippen LogP contribution is 2.27. The topological polar surface area (TPSA) is 66.7 Å². The van der Waals surface area contributed by atoms with E-state index in [0.29, 0.717) is 30.1 Å². The Morgan fingerprint density at radius 2 is 1.96 bits per heavy atom. The first-order chi connectivity index (χ1) is 12.0. The number of hydrogen-bond donors (Lipinski definition) is 0.